The highest BCUT2D eigenvalue weighted by molar-refractivity contribution is 6.46. The molecule has 0 bridgehead atoms. The van der Waals surface area contributed by atoms with Crippen molar-refractivity contribution in [3.63, 3.8) is 0 Å². The zero-order chi connectivity index (χ0) is 14.3. The average molecular weight is 291 g/mol. The van der Waals surface area contributed by atoms with Gasteiger partial charge in [-0.15, -0.1) is 0 Å². The minimum atomic E-state index is 0.0110. The molecule has 2 aliphatic carbocycles. The molecule has 0 amide bonds. The zero-order valence-corrected chi connectivity index (χ0v) is 12.5. The number of ketones is 1. The van der Waals surface area contributed by atoms with Crippen LogP contribution in [-0.4, -0.2) is 10.9 Å². The molecular weight excluding hydrogens is 272 g/mol. The van der Waals surface area contributed by atoms with Crippen LogP contribution in [0.1, 0.15) is 50.2 Å². The lowest BCUT2D eigenvalue weighted by Gasteiger charge is -2.35. The maximum Gasteiger partial charge on any atom is 0.174 e. The van der Waals surface area contributed by atoms with E-state index >= 15 is 0 Å². The molecule has 0 spiro atoms. The summed E-state index contributed by atoms with van der Waals surface area (Å²) in [6.45, 7) is 2.18. The van der Waals surface area contributed by atoms with Crippen LogP contribution in [-0.2, 0) is 11.2 Å². The van der Waals surface area contributed by atoms with Crippen molar-refractivity contribution in [1.29, 1.82) is 0 Å². The highest BCUT2D eigenvalue weighted by Gasteiger charge is 2.46. The summed E-state index contributed by atoms with van der Waals surface area (Å²) in [6.07, 6.45) is 5.68. The first-order valence-corrected chi connectivity index (χ1v) is 7.71. The molecule has 3 rings (SSSR count). The number of aromatic hydroxyl groups is 1. The summed E-state index contributed by atoms with van der Waals surface area (Å²) >= 11 is 6.37. The molecule has 1 aromatic rings. The molecule has 1 unspecified atom stereocenters. The Morgan fingerprint density at radius 3 is 2.95 bits per heavy atom. The van der Waals surface area contributed by atoms with Gasteiger partial charge in [0.25, 0.3) is 0 Å². The third-order valence-corrected chi connectivity index (χ3v) is 5.12. The minimum Gasteiger partial charge on any atom is -0.508 e. The van der Waals surface area contributed by atoms with Crippen LogP contribution in [0.2, 0.25) is 0 Å². The molecule has 1 atom stereocenters. The van der Waals surface area contributed by atoms with Crippen molar-refractivity contribution in [2.24, 2.45) is 5.41 Å². The van der Waals surface area contributed by atoms with E-state index < -0.39 is 0 Å². The lowest BCUT2D eigenvalue weighted by Crippen LogP contribution is -2.27. The molecule has 0 aromatic heterocycles. The number of rotatable bonds is 3. The van der Waals surface area contributed by atoms with Gasteiger partial charge in [-0.05, 0) is 48.1 Å². The van der Waals surface area contributed by atoms with Crippen molar-refractivity contribution in [2.75, 3.05) is 0 Å². The Labute approximate surface area is 124 Å². The molecule has 0 heterocycles. The molecule has 1 aromatic carbocycles. The molecule has 0 fully saturated rings. The van der Waals surface area contributed by atoms with Crippen molar-refractivity contribution in [2.45, 2.75) is 45.4 Å². The number of unbranched alkanes of at least 4 members (excludes halogenated alkanes) is 1. The van der Waals surface area contributed by atoms with Gasteiger partial charge in [-0.3, -0.25) is 4.79 Å². The van der Waals surface area contributed by atoms with Gasteiger partial charge in [0.1, 0.15) is 5.75 Å². The number of phenolic OH excluding ortho intramolecular Hbond substituents is 1. The van der Waals surface area contributed by atoms with Crippen LogP contribution in [0.15, 0.2) is 23.2 Å². The van der Waals surface area contributed by atoms with E-state index in [1.807, 2.05) is 12.1 Å². The number of hydrogen-bond donors (Lipinski definition) is 1. The molecule has 1 N–H and O–H groups in total. The largest absolute Gasteiger partial charge is 0.508 e. The van der Waals surface area contributed by atoms with Gasteiger partial charge < -0.3 is 5.11 Å². The standard InChI is InChI=1S/C17H19ClO2/c1-2-3-7-17-8-6-14(20)16(18)15(17)13-5-4-12(19)9-11(13)10-17/h4-5,9,19H,2-3,6-8,10H2,1H3. The molecule has 106 valence electrons. The average Bonchev–Trinajstić information content (AvgIpc) is 2.75. The Hall–Kier alpha value is -1.28. The summed E-state index contributed by atoms with van der Waals surface area (Å²) in [5, 5.41) is 10.1. The molecule has 20 heavy (non-hydrogen) atoms. The van der Waals surface area contributed by atoms with Gasteiger partial charge in [-0.2, -0.15) is 0 Å². The molecule has 0 saturated carbocycles. The zero-order valence-electron chi connectivity index (χ0n) is 11.7. The summed E-state index contributed by atoms with van der Waals surface area (Å²) in [7, 11) is 0. The quantitative estimate of drug-likeness (QED) is 0.893. The van der Waals surface area contributed by atoms with E-state index in [2.05, 4.69) is 6.92 Å². The van der Waals surface area contributed by atoms with Gasteiger partial charge in [0.05, 0.1) is 5.03 Å². The number of fused-ring (bicyclic) bond motifs is 3. The second kappa shape index (κ2) is 4.92. The Morgan fingerprint density at radius 1 is 1.40 bits per heavy atom. The summed E-state index contributed by atoms with van der Waals surface area (Å²) < 4.78 is 0. The van der Waals surface area contributed by atoms with E-state index in [1.54, 1.807) is 6.07 Å². The predicted octanol–water partition coefficient (Wildman–Crippen LogP) is 4.44. The van der Waals surface area contributed by atoms with Gasteiger partial charge in [0, 0.05) is 11.8 Å². The maximum absolute atomic E-state index is 12.0. The van der Waals surface area contributed by atoms with Gasteiger partial charge >= 0.3 is 0 Å². The number of carbonyl (C=O) groups excluding carboxylic acids is 1. The molecule has 0 saturated heterocycles. The first-order valence-electron chi connectivity index (χ1n) is 7.33. The van der Waals surface area contributed by atoms with Crippen LogP contribution in [0.25, 0.3) is 5.57 Å². The number of benzene rings is 1. The summed E-state index contributed by atoms with van der Waals surface area (Å²) in [5.74, 6) is 0.353. The van der Waals surface area contributed by atoms with Crippen LogP contribution in [0, 0.1) is 5.41 Å². The highest BCUT2D eigenvalue weighted by Crippen LogP contribution is 2.57. The number of hydrogen-bond acceptors (Lipinski definition) is 2. The first kappa shape index (κ1) is 13.7. The molecule has 0 aliphatic heterocycles. The van der Waals surface area contributed by atoms with E-state index in [1.165, 1.54) is 0 Å². The third-order valence-electron chi connectivity index (χ3n) is 4.72. The second-order valence-corrected chi connectivity index (χ2v) is 6.39. The summed E-state index contributed by atoms with van der Waals surface area (Å²) in [5.41, 5.74) is 3.25. The number of phenols is 1. The van der Waals surface area contributed by atoms with E-state index in [0.717, 1.165) is 48.8 Å². The third kappa shape index (κ3) is 1.98. The fourth-order valence-corrected chi connectivity index (χ4v) is 4.13. The van der Waals surface area contributed by atoms with Gasteiger partial charge in [0.15, 0.2) is 5.78 Å². The number of carbonyl (C=O) groups is 1. The minimum absolute atomic E-state index is 0.0110. The van der Waals surface area contributed by atoms with Gasteiger partial charge in [-0.25, -0.2) is 0 Å². The molecule has 0 radical (unpaired) electrons. The van der Waals surface area contributed by atoms with E-state index in [9.17, 15) is 9.90 Å². The van der Waals surface area contributed by atoms with Crippen LogP contribution in [0.3, 0.4) is 0 Å². The lowest BCUT2D eigenvalue weighted by molar-refractivity contribution is -0.115. The number of allylic oxidation sites excluding steroid dienone is 2. The van der Waals surface area contributed by atoms with Crippen molar-refractivity contribution < 1.29 is 9.90 Å². The Balaban J connectivity index is 2.14. The van der Waals surface area contributed by atoms with Crippen LogP contribution >= 0.6 is 11.6 Å². The topological polar surface area (TPSA) is 37.3 Å². The van der Waals surface area contributed by atoms with Crippen LogP contribution in [0.5, 0.6) is 5.75 Å². The maximum atomic E-state index is 12.0. The van der Waals surface area contributed by atoms with Gasteiger partial charge in [0.2, 0.25) is 0 Å². The first-order chi connectivity index (χ1) is 9.57. The van der Waals surface area contributed by atoms with Crippen LogP contribution in [0.4, 0.5) is 0 Å². The van der Waals surface area contributed by atoms with Crippen molar-refractivity contribution in [3.05, 3.63) is 34.4 Å². The van der Waals surface area contributed by atoms with Crippen molar-refractivity contribution >= 4 is 23.0 Å². The molecule has 2 nitrogen and oxygen atoms in total. The summed E-state index contributed by atoms with van der Waals surface area (Å²) in [6, 6.07) is 5.42. The van der Waals surface area contributed by atoms with Gasteiger partial charge in [-0.1, -0.05) is 37.4 Å². The highest BCUT2D eigenvalue weighted by atomic mass is 35.5. The number of halogens is 1. The van der Waals surface area contributed by atoms with E-state index in [-0.39, 0.29) is 16.9 Å². The van der Waals surface area contributed by atoms with E-state index in [0.29, 0.717) is 11.5 Å². The Morgan fingerprint density at radius 2 is 2.20 bits per heavy atom. The monoisotopic (exact) mass is 290 g/mol. The summed E-state index contributed by atoms with van der Waals surface area (Å²) in [4.78, 5) is 12.0. The Bertz CT molecular complexity index is 603. The normalized spacial score (nSPS) is 24.8. The fourth-order valence-electron chi connectivity index (χ4n) is 3.73. The number of Topliss-reactive ketones (excluding diaryl/α,β-unsaturated/α-hetero) is 1. The molecule has 2 aliphatic rings. The molecular formula is C17H19ClO2. The predicted molar refractivity (Wildman–Crippen MR) is 80.8 cm³/mol. The second-order valence-electron chi connectivity index (χ2n) is 6.01. The SMILES string of the molecule is CCCCC12CCC(=O)C(Cl)=C1c1ccc(O)cc1C2. The smallest absolute Gasteiger partial charge is 0.174 e. The van der Waals surface area contributed by atoms with Crippen molar-refractivity contribution in [3.8, 4) is 5.75 Å². The van der Waals surface area contributed by atoms with E-state index in [4.69, 9.17) is 11.6 Å². The lowest BCUT2D eigenvalue weighted by atomic mass is 9.69. The van der Waals surface area contributed by atoms with Crippen LogP contribution < -0.4 is 0 Å². The van der Waals surface area contributed by atoms with Crippen molar-refractivity contribution in [1.82, 2.24) is 0 Å². The fraction of sp³-hybridized carbons (Fsp3) is 0.471. The molecule has 3 heteroatoms. The Kier molecular flexibility index (Phi) is 3.37.